The van der Waals surface area contributed by atoms with Crippen LogP contribution in [-0.4, -0.2) is 60.0 Å². The number of hydrogen-bond donors (Lipinski definition) is 0. The molecule has 0 atom stereocenters. The molecule has 10 heteroatoms. The normalized spacial score (nSPS) is 17.3. The second kappa shape index (κ2) is 9.16. The quantitative estimate of drug-likeness (QED) is 0.576. The van der Waals surface area contributed by atoms with Crippen LogP contribution in [0.1, 0.15) is 18.5 Å². The molecule has 2 saturated heterocycles. The summed E-state index contributed by atoms with van der Waals surface area (Å²) in [6.45, 7) is 3.93. The first-order valence-corrected chi connectivity index (χ1v) is 11.3. The number of carbonyl (C=O) groups excluding carboxylic acids is 1. The molecule has 5 rings (SSSR count). The van der Waals surface area contributed by atoms with E-state index in [0.29, 0.717) is 42.8 Å². The summed E-state index contributed by atoms with van der Waals surface area (Å²) in [5, 5.41) is 10.1. The molecule has 33 heavy (non-hydrogen) atoms. The second-order valence-electron chi connectivity index (χ2n) is 8.17. The van der Waals surface area contributed by atoms with Gasteiger partial charge in [0.1, 0.15) is 11.9 Å². The van der Waals surface area contributed by atoms with Crippen LogP contribution in [0.3, 0.4) is 0 Å². The van der Waals surface area contributed by atoms with Gasteiger partial charge in [-0.3, -0.25) is 4.79 Å². The van der Waals surface area contributed by atoms with E-state index in [1.807, 2.05) is 21.9 Å². The van der Waals surface area contributed by atoms with Crippen molar-refractivity contribution in [2.45, 2.75) is 12.8 Å². The van der Waals surface area contributed by atoms with Crippen molar-refractivity contribution in [1.82, 2.24) is 14.9 Å². The number of carbonyl (C=O) groups is 1. The molecule has 170 valence electrons. The second-order valence-corrected chi connectivity index (χ2v) is 8.61. The van der Waals surface area contributed by atoms with Crippen LogP contribution in [0.5, 0.6) is 0 Å². The van der Waals surface area contributed by atoms with Gasteiger partial charge in [-0.1, -0.05) is 11.6 Å². The Bertz CT molecular complexity index is 1140. The molecule has 2 aliphatic heterocycles. The molecular weight excluding hydrogens is 444 g/mol. The smallest absolute Gasteiger partial charge is 0.266 e. The van der Waals surface area contributed by atoms with E-state index in [4.69, 9.17) is 20.4 Å². The minimum atomic E-state index is 0.0191. The van der Waals surface area contributed by atoms with Crippen molar-refractivity contribution < 1.29 is 13.6 Å². The van der Waals surface area contributed by atoms with Gasteiger partial charge in [0.25, 0.3) is 5.89 Å². The molecule has 2 aliphatic rings. The lowest BCUT2D eigenvalue weighted by Gasteiger charge is -2.38. The van der Waals surface area contributed by atoms with Crippen molar-refractivity contribution >= 4 is 29.2 Å². The Morgan fingerprint density at radius 1 is 1.09 bits per heavy atom. The Morgan fingerprint density at radius 2 is 1.88 bits per heavy atom. The van der Waals surface area contributed by atoms with Crippen LogP contribution >= 0.6 is 11.6 Å². The largest absolute Gasteiger partial charge is 0.459 e. The summed E-state index contributed by atoms with van der Waals surface area (Å²) in [6, 6.07) is 9.33. The van der Waals surface area contributed by atoms with E-state index in [9.17, 15) is 10.1 Å². The molecule has 0 spiro atoms. The van der Waals surface area contributed by atoms with Gasteiger partial charge in [0.15, 0.2) is 5.76 Å². The number of piperidine rings is 1. The molecule has 5 heterocycles. The summed E-state index contributed by atoms with van der Waals surface area (Å²) >= 11 is 5.93. The van der Waals surface area contributed by atoms with Crippen LogP contribution in [0, 0.1) is 17.2 Å². The minimum absolute atomic E-state index is 0.0191. The van der Waals surface area contributed by atoms with Crippen molar-refractivity contribution in [1.29, 1.82) is 5.26 Å². The van der Waals surface area contributed by atoms with Crippen LogP contribution in [0.4, 0.5) is 11.7 Å². The zero-order valence-electron chi connectivity index (χ0n) is 18.0. The Balaban J connectivity index is 1.17. The average Bonchev–Trinajstić information content (AvgIpc) is 3.54. The monoisotopic (exact) mass is 466 g/mol. The van der Waals surface area contributed by atoms with Gasteiger partial charge < -0.3 is 23.5 Å². The fraction of sp³-hybridized carbons (Fsp3) is 0.391. The standard InChI is InChI=1S/C23H23ClN6O3/c24-17-3-4-20(26-15-17)28-7-5-16(6-8-28)22(31)29-9-11-30(12-10-29)23-18(14-25)27-21(33-23)19-2-1-13-32-19/h1-4,13,15-16H,5-12H2. The summed E-state index contributed by atoms with van der Waals surface area (Å²) in [5.41, 5.74) is 0.226. The zero-order chi connectivity index (χ0) is 22.8. The minimum Gasteiger partial charge on any atom is -0.459 e. The zero-order valence-corrected chi connectivity index (χ0v) is 18.7. The van der Waals surface area contributed by atoms with E-state index in [-0.39, 0.29) is 23.4 Å². The Kier molecular flexibility index (Phi) is 5.92. The van der Waals surface area contributed by atoms with E-state index in [1.54, 1.807) is 18.3 Å². The topological polar surface area (TPSA) is 103 Å². The molecule has 3 aromatic rings. The maximum Gasteiger partial charge on any atom is 0.266 e. The van der Waals surface area contributed by atoms with Gasteiger partial charge in [0.2, 0.25) is 17.5 Å². The first-order valence-electron chi connectivity index (χ1n) is 11.0. The molecule has 9 nitrogen and oxygen atoms in total. The van der Waals surface area contributed by atoms with Crippen molar-refractivity contribution in [2.24, 2.45) is 5.92 Å². The van der Waals surface area contributed by atoms with E-state index in [0.717, 1.165) is 31.7 Å². The Hall–Kier alpha value is -3.51. The Morgan fingerprint density at radius 3 is 2.52 bits per heavy atom. The first-order chi connectivity index (χ1) is 16.1. The van der Waals surface area contributed by atoms with Crippen molar-refractivity contribution in [3.63, 3.8) is 0 Å². The lowest BCUT2D eigenvalue weighted by Crippen LogP contribution is -2.51. The van der Waals surface area contributed by atoms with Gasteiger partial charge in [-0.25, -0.2) is 4.98 Å². The molecule has 0 N–H and O–H groups in total. The number of pyridine rings is 1. The lowest BCUT2D eigenvalue weighted by atomic mass is 9.95. The number of piperazine rings is 1. The SMILES string of the molecule is N#Cc1nc(-c2ccco2)oc1N1CCN(C(=O)C2CCN(c3ccc(Cl)cn3)CC2)CC1. The maximum atomic E-state index is 13.1. The number of nitriles is 1. The van der Waals surface area contributed by atoms with Crippen LogP contribution in [0.15, 0.2) is 45.6 Å². The van der Waals surface area contributed by atoms with E-state index < -0.39 is 0 Å². The third-order valence-electron chi connectivity index (χ3n) is 6.21. The summed E-state index contributed by atoms with van der Waals surface area (Å²) < 4.78 is 11.2. The predicted molar refractivity (Wildman–Crippen MR) is 122 cm³/mol. The third kappa shape index (κ3) is 4.39. The van der Waals surface area contributed by atoms with Crippen molar-refractivity contribution in [3.8, 4) is 17.7 Å². The summed E-state index contributed by atoms with van der Waals surface area (Å²) in [7, 11) is 0. The molecule has 0 radical (unpaired) electrons. The highest BCUT2D eigenvalue weighted by Crippen LogP contribution is 2.30. The van der Waals surface area contributed by atoms with Gasteiger partial charge in [0, 0.05) is 51.4 Å². The Labute approximate surface area is 196 Å². The third-order valence-corrected chi connectivity index (χ3v) is 6.43. The summed E-state index contributed by atoms with van der Waals surface area (Å²) in [4.78, 5) is 27.8. The van der Waals surface area contributed by atoms with Gasteiger partial charge in [-0.05, 0) is 37.1 Å². The first kappa shape index (κ1) is 21.3. The number of hydrogen-bond acceptors (Lipinski definition) is 8. The molecule has 0 saturated carbocycles. The number of anilines is 2. The molecule has 0 aliphatic carbocycles. The summed E-state index contributed by atoms with van der Waals surface area (Å²) in [6.07, 6.45) is 4.79. The van der Waals surface area contributed by atoms with Gasteiger partial charge >= 0.3 is 0 Å². The van der Waals surface area contributed by atoms with Crippen LogP contribution < -0.4 is 9.80 Å². The van der Waals surface area contributed by atoms with E-state index >= 15 is 0 Å². The van der Waals surface area contributed by atoms with Crippen LogP contribution in [0.2, 0.25) is 5.02 Å². The van der Waals surface area contributed by atoms with E-state index in [2.05, 4.69) is 20.9 Å². The number of aromatic nitrogens is 2. The molecular formula is C23H23ClN6O3. The number of oxazole rings is 1. The molecule has 0 bridgehead atoms. The van der Waals surface area contributed by atoms with Crippen LogP contribution in [-0.2, 0) is 4.79 Å². The number of nitrogens with zero attached hydrogens (tertiary/aromatic N) is 6. The maximum absolute atomic E-state index is 13.1. The van der Waals surface area contributed by atoms with Gasteiger partial charge in [0.05, 0.1) is 11.3 Å². The number of rotatable bonds is 4. The highest BCUT2D eigenvalue weighted by Gasteiger charge is 2.32. The molecule has 2 fully saturated rings. The van der Waals surface area contributed by atoms with E-state index in [1.165, 1.54) is 6.26 Å². The van der Waals surface area contributed by atoms with Gasteiger partial charge in [-0.15, -0.1) is 0 Å². The fourth-order valence-electron chi connectivity index (χ4n) is 4.40. The van der Waals surface area contributed by atoms with Gasteiger partial charge in [-0.2, -0.15) is 10.2 Å². The molecule has 3 aromatic heterocycles. The fourth-order valence-corrected chi connectivity index (χ4v) is 4.52. The highest BCUT2D eigenvalue weighted by molar-refractivity contribution is 6.30. The predicted octanol–water partition coefficient (Wildman–Crippen LogP) is 3.42. The van der Waals surface area contributed by atoms with Crippen molar-refractivity contribution in [2.75, 3.05) is 49.1 Å². The average molecular weight is 467 g/mol. The highest BCUT2D eigenvalue weighted by atomic mass is 35.5. The van der Waals surface area contributed by atoms with Crippen molar-refractivity contribution in [3.05, 3.63) is 47.4 Å². The molecule has 0 unspecified atom stereocenters. The molecule has 0 aromatic carbocycles. The van der Waals surface area contributed by atoms with Crippen LogP contribution in [0.25, 0.3) is 11.7 Å². The summed E-state index contributed by atoms with van der Waals surface area (Å²) in [5.74, 6) is 2.31. The number of halogens is 1. The molecule has 1 amide bonds. The number of amides is 1. The number of furan rings is 1. The lowest BCUT2D eigenvalue weighted by molar-refractivity contribution is -0.136.